The Bertz CT molecular complexity index is 923. The number of rotatable bonds is 8. The molecule has 0 saturated carbocycles. The predicted molar refractivity (Wildman–Crippen MR) is 99.0 cm³/mol. The number of halogens is 2. The number of amides is 1. The van der Waals surface area contributed by atoms with Crippen molar-refractivity contribution in [3.05, 3.63) is 65.9 Å². The van der Waals surface area contributed by atoms with Crippen LogP contribution in [0.4, 0.5) is 8.78 Å². The van der Waals surface area contributed by atoms with Gasteiger partial charge in [0.2, 0.25) is 0 Å². The number of benzene rings is 1. The normalized spacial score (nSPS) is 12.3. The van der Waals surface area contributed by atoms with Gasteiger partial charge in [0.05, 0.1) is 12.0 Å². The lowest BCUT2D eigenvalue weighted by molar-refractivity contribution is 0.0563. The molecule has 6 nitrogen and oxygen atoms in total. The highest BCUT2D eigenvalue weighted by Gasteiger charge is 2.16. The Morgan fingerprint density at radius 1 is 1.32 bits per heavy atom. The molecule has 2 aromatic heterocycles. The van der Waals surface area contributed by atoms with Gasteiger partial charge in [-0.05, 0) is 36.8 Å². The van der Waals surface area contributed by atoms with E-state index < -0.39 is 6.55 Å². The molecule has 0 fully saturated rings. The Balaban J connectivity index is 1.68. The molecule has 0 bridgehead atoms. The first-order chi connectivity index (χ1) is 13.5. The van der Waals surface area contributed by atoms with E-state index in [4.69, 9.17) is 4.42 Å². The maximum absolute atomic E-state index is 12.8. The van der Waals surface area contributed by atoms with Crippen molar-refractivity contribution < 1.29 is 23.1 Å². The number of hydrogen-bond donors (Lipinski definition) is 2. The van der Waals surface area contributed by atoms with Crippen LogP contribution in [-0.4, -0.2) is 33.9 Å². The molecule has 28 heavy (non-hydrogen) atoms. The van der Waals surface area contributed by atoms with Crippen LogP contribution in [0.5, 0.6) is 0 Å². The summed E-state index contributed by atoms with van der Waals surface area (Å²) < 4.78 is 31.5. The summed E-state index contributed by atoms with van der Waals surface area (Å²) in [5, 5.41) is 16.1. The fourth-order valence-corrected chi connectivity index (χ4v) is 2.95. The van der Waals surface area contributed by atoms with Gasteiger partial charge >= 0.3 is 6.55 Å². The molecule has 0 saturated heterocycles. The second-order valence-corrected chi connectivity index (χ2v) is 6.51. The summed E-state index contributed by atoms with van der Waals surface area (Å²) in [6.07, 6.45) is 3.34. The average molecular weight is 389 g/mol. The molecular formula is C20H21F2N3O3. The Morgan fingerprint density at radius 3 is 2.79 bits per heavy atom. The fraction of sp³-hybridized carbons (Fsp3) is 0.300. The number of alkyl halides is 2. The fourth-order valence-electron chi connectivity index (χ4n) is 2.95. The SMILES string of the molecule is Cc1nn(C(F)F)cc1-c1cccc(C(=O)NC[C@H](CO)Cc2ccco2)c1. The summed E-state index contributed by atoms with van der Waals surface area (Å²) in [4.78, 5) is 12.5. The molecule has 3 aromatic rings. The van der Waals surface area contributed by atoms with E-state index in [1.54, 1.807) is 43.5 Å². The minimum atomic E-state index is -2.72. The van der Waals surface area contributed by atoms with Gasteiger partial charge in [0.15, 0.2) is 0 Å². The van der Waals surface area contributed by atoms with E-state index in [0.29, 0.717) is 33.5 Å². The van der Waals surface area contributed by atoms with E-state index in [-0.39, 0.29) is 25.0 Å². The van der Waals surface area contributed by atoms with Crippen molar-refractivity contribution >= 4 is 5.91 Å². The van der Waals surface area contributed by atoms with Crippen LogP contribution in [0.3, 0.4) is 0 Å². The van der Waals surface area contributed by atoms with Gasteiger partial charge in [0, 0.05) is 42.8 Å². The van der Waals surface area contributed by atoms with E-state index in [2.05, 4.69) is 10.4 Å². The van der Waals surface area contributed by atoms with Crippen LogP contribution in [0.1, 0.15) is 28.4 Å². The number of aryl methyl sites for hydroxylation is 1. The van der Waals surface area contributed by atoms with E-state index in [1.165, 1.54) is 6.20 Å². The van der Waals surface area contributed by atoms with Gasteiger partial charge in [-0.2, -0.15) is 13.9 Å². The third kappa shape index (κ3) is 4.64. The lowest BCUT2D eigenvalue weighted by atomic mass is 10.0. The first-order valence-corrected chi connectivity index (χ1v) is 8.83. The van der Waals surface area contributed by atoms with Crippen LogP contribution in [-0.2, 0) is 6.42 Å². The van der Waals surface area contributed by atoms with E-state index >= 15 is 0 Å². The van der Waals surface area contributed by atoms with Crippen LogP contribution < -0.4 is 5.32 Å². The van der Waals surface area contributed by atoms with Crippen LogP contribution >= 0.6 is 0 Å². The number of aromatic nitrogens is 2. The number of nitrogens with one attached hydrogen (secondary N) is 1. The third-order valence-corrected chi connectivity index (χ3v) is 4.43. The second-order valence-electron chi connectivity index (χ2n) is 6.51. The summed E-state index contributed by atoms with van der Waals surface area (Å²) in [6, 6.07) is 10.3. The standard InChI is InChI=1S/C20H21F2N3O3/c1-13-18(11-25(24-13)20(21)22)15-4-2-5-16(9-15)19(27)23-10-14(12-26)8-17-6-3-7-28-17/h2-7,9,11,14,20,26H,8,10,12H2,1H3,(H,23,27)/t14-/m1/s1. The van der Waals surface area contributed by atoms with Crippen LogP contribution in [0.15, 0.2) is 53.3 Å². The van der Waals surface area contributed by atoms with Crippen molar-refractivity contribution in [1.82, 2.24) is 15.1 Å². The zero-order valence-corrected chi connectivity index (χ0v) is 15.3. The maximum Gasteiger partial charge on any atom is 0.333 e. The molecule has 8 heteroatoms. The highest BCUT2D eigenvalue weighted by Crippen LogP contribution is 2.25. The molecule has 2 heterocycles. The van der Waals surface area contributed by atoms with Gasteiger partial charge < -0.3 is 14.8 Å². The Kier molecular flexibility index (Phi) is 6.20. The van der Waals surface area contributed by atoms with E-state index in [0.717, 1.165) is 5.76 Å². The van der Waals surface area contributed by atoms with Crippen LogP contribution in [0, 0.1) is 12.8 Å². The topological polar surface area (TPSA) is 80.3 Å². The van der Waals surface area contributed by atoms with Gasteiger partial charge in [-0.1, -0.05) is 12.1 Å². The van der Waals surface area contributed by atoms with Crippen molar-refractivity contribution in [2.24, 2.45) is 5.92 Å². The molecule has 1 atom stereocenters. The molecule has 3 rings (SSSR count). The van der Waals surface area contributed by atoms with Crippen molar-refractivity contribution in [2.45, 2.75) is 19.9 Å². The molecule has 1 amide bonds. The van der Waals surface area contributed by atoms with Crippen molar-refractivity contribution in [3.63, 3.8) is 0 Å². The lowest BCUT2D eigenvalue weighted by Crippen LogP contribution is -2.31. The minimum Gasteiger partial charge on any atom is -0.469 e. The van der Waals surface area contributed by atoms with Gasteiger partial charge in [-0.3, -0.25) is 4.79 Å². The summed E-state index contributed by atoms with van der Waals surface area (Å²) in [7, 11) is 0. The molecule has 2 N–H and O–H groups in total. The molecule has 0 aliphatic rings. The Hall–Kier alpha value is -3.00. The van der Waals surface area contributed by atoms with Gasteiger partial charge in [0.25, 0.3) is 5.91 Å². The van der Waals surface area contributed by atoms with Crippen LogP contribution in [0.25, 0.3) is 11.1 Å². The Morgan fingerprint density at radius 2 is 2.14 bits per heavy atom. The number of hydrogen-bond acceptors (Lipinski definition) is 4. The third-order valence-electron chi connectivity index (χ3n) is 4.43. The quantitative estimate of drug-likeness (QED) is 0.619. The molecule has 1 aromatic carbocycles. The molecule has 0 aliphatic carbocycles. The number of aliphatic hydroxyl groups is 1. The summed E-state index contributed by atoms with van der Waals surface area (Å²) >= 11 is 0. The maximum atomic E-state index is 12.8. The van der Waals surface area contributed by atoms with Gasteiger partial charge in [-0.25, -0.2) is 4.68 Å². The number of aliphatic hydroxyl groups excluding tert-OH is 1. The van der Waals surface area contributed by atoms with E-state index in [9.17, 15) is 18.7 Å². The number of nitrogens with zero attached hydrogens (tertiary/aromatic N) is 2. The molecular weight excluding hydrogens is 368 g/mol. The second kappa shape index (κ2) is 8.79. The molecule has 0 aliphatic heterocycles. The summed E-state index contributed by atoms with van der Waals surface area (Å²) in [5.41, 5.74) is 2.03. The molecule has 0 radical (unpaired) electrons. The monoisotopic (exact) mass is 389 g/mol. The largest absolute Gasteiger partial charge is 0.469 e. The van der Waals surface area contributed by atoms with Crippen LogP contribution in [0.2, 0.25) is 0 Å². The first kappa shape index (κ1) is 19.8. The zero-order chi connectivity index (χ0) is 20.1. The smallest absolute Gasteiger partial charge is 0.333 e. The number of carbonyl (C=O) groups is 1. The first-order valence-electron chi connectivity index (χ1n) is 8.83. The molecule has 0 unspecified atom stereocenters. The zero-order valence-electron chi connectivity index (χ0n) is 15.3. The van der Waals surface area contributed by atoms with Gasteiger partial charge in [-0.15, -0.1) is 0 Å². The molecule has 0 spiro atoms. The Labute approximate surface area is 160 Å². The van der Waals surface area contributed by atoms with Gasteiger partial charge in [0.1, 0.15) is 5.76 Å². The van der Waals surface area contributed by atoms with E-state index in [1.807, 2.05) is 6.07 Å². The summed E-state index contributed by atoms with van der Waals surface area (Å²) in [6.45, 7) is -0.889. The average Bonchev–Trinajstić information content (AvgIpc) is 3.34. The predicted octanol–water partition coefficient (Wildman–Crippen LogP) is 3.43. The van der Waals surface area contributed by atoms with Crippen molar-refractivity contribution in [2.75, 3.05) is 13.2 Å². The van der Waals surface area contributed by atoms with Crippen molar-refractivity contribution in [1.29, 1.82) is 0 Å². The van der Waals surface area contributed by atoms with Crippen molar-refractivity contribution in [3.8, 4) is 11.1 Å². The highest BCUT2D eigenvalue weighted by atomic mass is 19.3. The summed E-state index contributed by atoms with van der Waals surface area (Å²) in [5.74, 6) is 0.255. The highest BCUT2D eigenvalue weighted by molar-refractivity contribution is 5.95. The number of furan rings is 1. The molecule has 148 valence electrons. The lowest BCUT2D eigenvalue weighted by Gasteiger charge is -2.14. The number of carbonyl (C=O) groups excluding carboxylic acids is 1. The minimum absolute atomic E-state index is 0.0903.